The van der Waals surface area contributed by atoms with Gasteiger partial charge in [0.25, 0.3) is 0 Å². The van der Waals surface area contributed by atoms with E-state index < -0.39 is 0 Å². The quantitative estimate of drug-likeness (QED) is 0.759. The molecule has 2 amide bonds. The summed E-state index contributed by atoms with van der Waals surface area (Å²) < 4.78 is 0. The number of benzene rings is 1. The number of hydrogen-bond acceptors (Lipinski definition) is 3. The number of hydrogen-bond donors (Lipinski definition) is 2. The van der Waals surface area contributed by atoms with Gasteiger partial charge in [0.2, 0.25) is 11.8 Å². The molecule has 1 aromatic carbocycles. The molecule has 28 heavy (non-hydrogen) atoms. The van der Waals surface area contributed by atoms with E-state index in [1.165, 1.54) is 18.4 Å². The average Bonchev–Trinajstić information content (AvgIpc) is 2.70. The Hall–Kier alpha value is -1.88. The van der Waals surface area contributed by atoms with Gasteiger partial charge in [0.05, 0.1) is 6.54 Å². The molecule has 0 spiro atoms. The number of aryl methyl sites for hydroxylation is 1. The zero-order valence-electron chi connectivity index (χ0n) is 17.2. The Kier molecular flexibility index (Phi) is 7.90. The van der Waals surface area contributed by atoms with Crippen molar-refractivity contribution in [1.29, 1.82) is 0 Å². The predicted molar refractivity (Wildman–Crippen MR) is 112 cm³/mol. The van der Waals surface area contributed by atoms with Crippen LogP contribution in [-0.4, -0.2) is 48.4 Å². The number of likely N-dealkylation sites (tertiary alicyclic amines) is 1. The molecule has 1 aromatic rings. The van der Waals surface area contributed by atoms with Crippen molar-refractivity contribution in [2.24, 2.45) is 5.92 Å². The SMILES string of the molecule is CC1CCC(NC(=O)CN2CCC(NC(=O)CCc3ccccc3)CC2)CC1. The summed E-state index contributed by atoms with van der Waals surface area (Å²) in [5.41, 5.74) is 1.20. The predicted octanol–water partition coefficient (Wildman–Crippen LogP) is 2.89. The first kappa shape index (κ1) is 20.8. The molecule has 1 saturated heterocycles. The first-order valence-electron chi connectivity index (χ1n) is 10.9. The zero-order valence-corrected chi connectivity index (χ0v) is 17.2. The van der Waals surface area contributed by atoms with Crippen molar-refractivity contribution >= 4 is 11.8 Å². The van der Waals surface area contributed by atoms with E-state index in [2.05, 4.69) is 34.6 Å². The molecule has 3 rings (SSSR count). The topological polar surface area (TPSA) is 61.4 Å². The van der Waals surface area contributed by atoms with E-state index in [-0.39, 0.29) is 17.9 Å². The normalized spacial score (nSPS) is 23.9. The second-order valence-corrected chi connectivity index (χ2v) is 8.63. The number of rotatable bonds is 7. The molecule has 0 radical (unpaired) electrons. The molecule has 1 heterocycles. The molecule has 1 aliphatic heterocycles. The number of carbonyl (C=O) groups is 2. The number of piperidine rings is 1. The van der Waals surface area contributed by atoms with Crippen LogP contribution in [0.3, 0.4) is 0 Å². The fourth-order valence-electron chi connectivity index (χ4n) is 4.32. The summed E-state index contributed by atoms with van der Waals surface area (Å²) in [5, 5.41) is 6.38. The van der Waals surface area contributed by atoms with Gasteiger partial charge in [-0.2, -0.15) is 0 Å². The summed E-state index contributed by atoms with van der Waals surface area (Å²) in [5.74, 6) is 1.09. The fraction of sp³-hybridized carbons (Fsp3) is 0.652. The lowest BCUT2D eigenvalue weighted by Gasteiger charge is -2.33. The molecule has 0 aromatic heterocycles. The maximum atomic E-state index is 12.3. The van der Waals surface area contributed by atoms with E-state index in [1.807, 2.05) is 18.2 Å². The maximum absolute atomic E-state index is 12.3. The van der Waals surface area contributed by atoms with Crippen molar-refractivity contribution < 1.29 is 9.59 Å². The van der Waals surface area contributed by atoms with Gasteiger partial charge in [-0.3, -0.25) is 14.5 Å². The van der Waals surface area contributed by atoms with Crippen LogP contribution in [-0.2, 0) is 16.0 Å². The Morgan fingerprint density at radius 3 is 2.18 bits per heavy atom. The van der Waals surface area contributed by atoms with Crippen LogP contribution in [0.2, 0.25) is 0 Å². The minimum absolute atomic E-state index is 0.131. The molecule has 0 atom stereocenters. The summed E-state index contributed by atoms with van der Waals surface area (Å²) in [6.07, 6.45) is 7.84. The molecule has 5 nitrogen and oxygen atoms in total. The Morgan fingerprint density at radius 2 is 1.50 bits per heavy atom. The van der Waals surface area contributed by atoms with Crippen LogP contribution in [0.5, 0.6) is 0 Å². The second-order valence-electron chi connectivity index (χ2n) is 8.63. The van der Waals surface area contributed by atoms with Crippen LogP contribution in [0, 0.1) is 5.92 Å². The number of nitrogens with zero attached hydrogens (tertiary/aromatic N) is 1. The van der Waals surface area contributed by atoms with E-state index in [0.717, 1.165) is 51.1 Å². The average molecular weight is 386 g/mol. The molecular weight excluding hydrogens is 350 g/mol. The molecule has 1 aliphatic carbocycles. The lowest BCUT2D eigenvalue weighted by atomic mass is 9.87. The largest absolute Gasteiger partial charge is 0.353 e. The summed E-state index contributed by atoms with van der Waals surface area (Å²) in [6.45, 7) is 4.53. The summed E-state index contributed by atoms with van der Waals surface area (Å²) >= 11 is 0. The van der Waals surface area contributed by atoms with Gasteiger partial charge >= 0.3 is 0 Å². The van der Waals surface area contributed by atoms with Crippen LogP contribution >= 0.6 is 0 Å². The summed E-state index contributed by atoms with van der Waals surface area (Å²) in [7, 11) is 0. The van der Waals surface area contributed by atoms with E-state index >= 15 is 0 Å². The standard InChI is InChI=1S/C23H35N3O2/c1-18-7-10-20(11-8-18)25-23(28)17-26-15-13-21(14-16-26)24-22(27)12-9-19-5-3-2-4-6-19/h2-6,18,20-21H,7-17H2,1H3,(H,24,27)(H,25,28). The molecule has 1 saturated carbocycles. The van der Waals surface area contributed by atoms with Crippen LogP contribution in [0.25, 0.3) is 0 Å². The highest BCUT2D eigenvalue weighted by Crippen LogP contribution is 2.23. The van der Waals surface area contributed by atoms with Crippen LogP contribution in [0.4, 0.5) is 0 Å². The van der Waals surface area contributed by atoms with Gasteiger partial charge in [-0.1, -0.05) is 37.3 Å². The van der Waals surface area contributed by atoms with E-state index in [1.54, 1.807) is 0 Å². The third-order valence-electron chi connectivity index (χ3n) is 6.18. The molecule has 5 heteroatoms. The minimum Gasteiger partial charge on any atom is -0.353 e. The first-order chi connectivity index (χ1) is 13.6. The van der Waals surface area contributed by atoms with Crippen molar-refractivity contribution in [3.63, 3.8) is 0 Å². The van der Waals surface area contributed by atoms with E-state index in [4.69, 9.17) is 0 Å². The zero-order chi connectivity index (χ0) is 19.8. The van der Waals surface area contributed by atoms with Gasteiger partial charge in [-0.25, -0.2) is 0 Å². The lowest BCUT2D eigenvalue weighted by molar-refractivity contribution is -0.124. The van der Waals surface area contributed by atoms with E-state index in [0.29, 0.717) is 19.0 Å². The summed E-state index contributed by atoms with van der Waals surface area (Å²) in [6, 6.07) is 10.7. The lowest BCUT2D eigenvalue weighted by Crippen LogP contribution is -2.48. The molecule has 2 aliphatic rings. The molecule has 154 valence electrons. The van der Waals surface area contributed by atoms with Gasteiger partial charge in [-0.05, 0) is 56.4 Å². The molecule has 2 fully saturated rings. The highest BCUT2D eigenvalue weighted by atomic mass is 16.2. The highest BCUT2D eigenvalue weighted by molar-refractivity contribution is 5.78. The van der Waals surface area contributed by atoms with Crippen LogP contribution < -0.4 is 10.6 Å². The van der Waals surface area contributed by atoms with Crippen molar-refractivity contribution in [2.75, 3.05) is 19.6 Å². The Bertz CT molecular complexity index is 618. The minimum atomic E-state index is 0.131. The van der Waals surface area contributed by atoms with E-state index in [9.17, 15) is 9.59 Å². The number of nitrogens with one attached hydrogen (secondary N) is 2. The van der Waals surface area contributed by atoms with Gasteiger partial charge in [0.15, 0.2) is 0 Å². The van der Waals surface area contributed by atoms with Gasteiger partial charge in [0, 0.05) is 31.6 Å². The molecule has 2 N–H and O–H groups in total. The molecule has 0 bridgehead atoms. The number of amides is 2. The first-order valence-corrected chi connectivity index (χ1v) is 10.9. The fourth-order valence-corrected chi connectivity index (χ4v) is 4.32. The monoisotopic (exact) mass is 385 g/mol. The van der Waals surface area contributed by atoms with Gasteiger partial charge < -0.3 is 10.6 Å². The maximum Gasteiger partial charge on any atom is 0.234 e. The second kappa shape index (κ2) is 10.6. The smallest absolute Gasteiger partial charge is 0.234 e. The van der Waals surface area contributed by atoms with Gasteiger partial charge in [0.1, 0.15) is 0 Å². The summed E-state index contributed by atoms with van der Waals surface area (Å²) in [4.78, 5) is 26.7. The Morgan fingerprint density at radius 1 is 0.893 bits per heavy atom. The van der Waals surface area contributed by atoms with Crippen molar-refractivity contribution in [1.82, 2.24) is 15.5 Å². The number of carbonyl (C=O) groups excluding carboxylic acids is 2. The highest BCUT2D eigenvalue weighted by Gasteiger charge is 2.24. The van der Waals surface area contributed by atoms with Crippen molar-refractivity contribution in [3.05, 3.63) is 35.9 Å². The van der Waals surface area contributed by atoms with Crippen LogP contribution in [0.1, 0.15) is 57.4 Å². The van der Waals surface area contributed by atoms with Crippen molar-refractivity contribution in [2.45, 2.75) is 70.4 Å². The third kappa shape index (κ3) is 6.93. The molecule has 0 unspecified atom stereocenters. The third-order valence-corrected chi connectivity index (χ3v) is 6.18. The Labute approximate surface area is 169 Å². The van der Waals surface area contributed by atoms with Gasteiger partial charge in [-0.15, -0.1) is 0 Å². The Balaban J connectivity index is 1.29. The molecular formula is C23H35N3O2. The van der Waals surface area contributed by atoms with Crippen molar-refractivity contribution in [3.8, 4) is 0 Å². The van der Waals surface area contributed by atoms with Crippen LogP contribution in [0.15, 0.2) is 30.3 Å².